The Bertz CT molecular complexity index is 980. The third-order valence-electron chi connectivity index (χ3n) is 3.99. The third-order valence-corrected chi connectivity index (χ3v) is 5.70. The van der Waals surface area contributed by atoms with E-state index in [2.05, 4.69) is 10.0 Å². The maximum absolute atomic E-state index is 12.3. The van der Waals surface area contributed by atoms with Crippen LogP contribution in [-0.2, 0) is 19.6 Å². The standard InChI is InChI=1S/C20H24ClN3O5S/c1-3-29-17-7-9-18(10-8-17)30(27,28)22-12-11-20(26)24(2)14-19(25)23-16-6-4-5-15(21)13-16/h4-10,13,22H,3,11-12,14H2,1-2H3,(H,23,25). The molecule has 2 aromatic carbocycles. The molecule has 0 saturated heterocycles. The predicted octanol–water partition coefficient (Wildman–Crippen LogP) is 2.50. The quantitative estimate of drug-likeness (QED) is 0.575. The van der Waals surface area contributed by atoms with E-state index in [0.29, 0.717) is 23.1 Å². The second kappa shape index (κ2) is 11.0. The number of halogens is 1. The number of hydrogen-bond donors (Lipinski definition) is 2. The number of nitrogens with one attached hydrogen (secondary N) is 2. The lowest BCUT2D eigenvalue weighted by atomic mass is 10.3. The Morgan fingerprint density at radius 3 is 2.47 bits per heavy atom. The molecule has 0 saturated carbocycles. The average Bonchev–Trinajstić information content (AvgIpc) is 2.68. The number of amides is 2. The number of sulfonamides is 1. The van der Waals surface area contributed by atoms with Crippen molar-refractivity contribution in [3.8, 4) is 5.75 Å². The number of likely N-dealkylation sites (N-methyl/N-ethyl adjacent to an activating group) is 1. The first-order valence-corrected chi connectivity index (χ1v) is 11.1. The topological polar surface area (TPSA) is 105 Å². The van der Waals surface area contributed by atoms with Crippen LogP contribution in [0.1, 0.15) is 13.3 Å². The fourth-order valence-electron chi connectivity index (χ4n) is 2.52. The molecule has 0 spiro atoms. The summed E-state index contributed by atoms with van der Waals surface area (Å²) in [5.74, 6) is -0.182. The summed E-state index contributed by atoms with van der Waals surface area (Å²) < 4.78 is 32.3. The van der Waals surface area contributed by atoms with Crippen molar-refractivity contribution in [3.63, 3.8) is 0 Å². The molecule has 162 valence electrons. The number of nitrogens with zero attached hydrogens (tertiary/aromatic N) is 1. The van der Waals surface area contributed by atoms with E-state index in [1.807, 2.05) is 6.92 Å². The van der Waals surface area contributed by atoms with Gasteiger partial charge in [-0.25, -0.2) is 13.1 Å². The Kier molecular flexibility index (Phi) is 8.64. The van der Waals surface area contributed by atoms with Crippen LogP contribution in [0.5, 0.6) is 5.75 Å². The Labute approximate surface area is 181 Å². The van der Waals surface area contributed by atoms with Crippen LogP contribution in [-0.4, -0.2) is 51.9 Å². The van der Waals surface area contributed by atoms with Crippen molar-refractivity contribution >= 4 is 39.1 Å². The smallest absolute Gasteiger partial charge is 0.243 e. The van der Waals surface area contributed by atoms with Crippen molar-refractivity contribution in [2.75, 3.05) is 32.1 Å². The Hall–Kier alpha value is -2.62. The second-order valence-electron chi connectivity index (χ2n) is 6.36. The molecule has 0 aliphatic carbocycles. The number of ether oxygens (including phenoxy) is 1. The molecule has 0 aliphatic rings. The van der Waals surface area contributed by atoms with Crippen LogP contribution in [0.2, 0.25) is 5.02 Å². The third kappa shape index (κ3) is 7.33. The van der Waals surface area contributed by atoms with Gasteiger partial charge in [-0.1, -0.05) is 17.7 Å². The van der Waals surface area contributed by atoms with Gasteiger partial charge < -0.3 is 15.0 Å². The molecule has 2 rings (SSSR count). The highest BCUT2D eigenvalue weighted by Gasteiger charge is 2.17. The maximum atomic E-state index is 12.3. The monoisotopic (exact) mass is 453 g/mol. The molecular formula is C20H24ClN3O5S. The maximum Gasteiger partial charge on any atom is 0.243 e. The Morgan fingerprint density at radius 1 is 1.13 bits per heavy atom. The van der Waals surface area contributed by atoms with E-state index in [0.717, 1.165) is 0 Å². The molecule has 2 aromatic rings. The van der Waals surface area contributed by atoms with Gasteiger partial charge >= 0.3 is 0 Å². The molecule has 0 radical (unpaired) electrons. The first-order valence-electron chi connectivity index (χ1n) is 9.23. The largest absolute Gasteiger partial charge is 0.494 e. The average molecular weight is 454 g/mol. The molecular weight excluding hydrogens is 430 g/mol. The van der Waals surface area contributed by atoms with Crippen LogP contribution in [0.15, 0.2) is 53.4 Å². The molecule has 2 amide bonds. The summed E-state index contributed by atoms with van der Waals surface area (Å²) in [5.41, 5.74) is 0.525. The highest BCUT2D eigenvalue weighted by atomic mass is 35.5. The number of rotatable bonds is 10. The SMILES string of the molecule is CCOc1ccc(S(=O)(=O)NCCC(=O)N(C)CC(=O)Nc2cccc(Cl)c2)cc1. The summed E-state index contributed by atoms with van der Waals surface area (Å²) in [4.78, 5) is 25.6. The Morgan fingerprint density at radius 2 is 1.83 bits per heavy atom. The van der Waals surface area contributed by atoms with Gasteiger partial charge in [-0.3, -0.25) is 9.59 Å². The summed E-state index contributed by atoms with van der Waals surface area (Å²) in [5, 5.41) is 3.13. The van der Waals surface area contributed by atoms with Crippen molar-refractivity contribution in [1.82, 2.24) is 9.62 Å². The molecule has 0 atom stereocenters. The van der Waals surface area contributed by atoms with Gasteiger partial charge in [0.25, 0.3) is 0 Å². The molecule has 0 heterocycles. The first-order chi connectivity index (χ1) is 14.2. The molecule has 8 nitrogen and oxygen atoms in total. The Balaban J connectivity index is 1.80. The van der Waals surface area contributed by atoms with Gasteiger partial charge in [0.05, 0.1) is 18.0 Å². The highest BCUT2D eigenvalue weighted by Crippen LogP contribution is 2.16. The first kappa shape index (κ1) is 23.7. The fourth-order valence-corrected chi connectivity index (χ4v) is 3.74. The van der Waals surface area contributed by atoms with Crippen molar-refractivity contribution in [2.45, 2.75) is 18.2 Å². The number of benzene rings is 2. The fraction of sp³-hybridized carbons (Fsp3) is 0.300. The van der Waals surface area contributed by atoms with E-state index in [1.165, 1.54) is 24.1 Å². The molecule has 10 heteroatoms. The van der Waals surface area contributed by atoms with E-state index >= 15 is 0 Å². The van der Waals surface area contributed by atoms with Crippen molar-refractivity contribution in [3.05, 3.63) is 53.6 Å². The highest BCUT2D eigenvalue weighted by molar-refractivity contribution is 7.89. The van der Waals surface area contributed by atoms with E-state index < -0.39 is 10.0 Å². The summed E-state index contributed by atoms with van der Waals surface area (Å²) in [7, 11) is -2.28. The minimum atomic E-state index is -3.75. The van der Waals surface area contributed by atoms with Gasteiger partial charge in [0.15, 0.2) is 0 Å². The summed E-state index contributed by atoms with van der Waals surface area (Å²) in [6.45, 7) is 2.06. The molecule has 0 bridgehead atoms. The van der Waals surface area contributed by atoms with Gasteiger partial charge in [0.1, 0.15) is 5.75 Å². The van der Waals surface area contributed by atoms with Gasteiger partial charge in [-0.15, -0.1) is 0 Å². The van der Waals surface area contributed by atoms with Gasteiger partial charge in [0.2, 0.25) is 21.8 Å². The van der Waals surface area contributed by atoms with Gasteiger partial charge in [0, 0.05) is 30.7 Å². The van der Waals surface area contributed by atoms with Crippen LogP contribution in [0.4, 0.5) is 5.69 Å². The van der Waals surface area contributed by atoms with Crippen LogP contribution in [0.3, 0.4) is 0 Å². The van der Waals surface area contributed by atoms with Crippen LogP contribution in [0, 0.1) is 0 Å². The minimum absolute atomic E-state index is 0.0765. The van der Waals surface area contributed by atoms with Crippen LogP contribution >= 0.6 is 11.6 Å². The lowest BCUT2D eigenvalue weighted by molar-refractivity contribution is -0.133. The lowest BCUT2D eigenvalue weighted by Crippen LogP contribution is -2.37. The molecule has 30 heavy (non-hydrogen) atoms. The number of hydrogen-bond acceptors (Lipinski definition) is 5. The summed E-state index contributed by atoms with van der Waals surface area (Å²) in [6, 6.07) is 12.6. The van der Waals surface area contributed by atoms with E-state index in [4.69, 9.17) is 16.3 Å². The molecule has 2 N–H and O–H groups in total. The van der Waals surface area contributed by atoms with E-state index in [1.54, 1.807) is 36.4 Å². The summed E-state index contributed by atoms with van der Waals surface area (Å²) >= 11 is 5.87. The van der Waals surface area contributed by atoms with Gasteiger partial charge in [-0.05, 0) is 49.4 Å². The van der Waals surface area contributed by atoms with Gasteiger partial charge in [-0.2, -0.15) is 0 Å². The van der Waals surface area contributed by atoms with Crippen molar-refractivity contribution in [1.29, 1.82) is 0 Å². The number of carbonyl (C=O) groups is 2. The zero-order valence-corrected chi connectivity index (χ0v) is 18.3. The molecule has 0 aliphatic heterocycles. The normalized spacial score (nSPS) is 11.0. The zero-order valence-electron chi connectivity index (χ0n) is 16.7. The second-order valence-corrected chi connectivity index (χ2v) is 8.56. The number of anilines is 1. The van der Waals surface area contributed by atoms with E-state index in [9.17, 15) is 18.0 Å². The summed E-state index contributed by atoms with van der Waals surface area (Å²) in [6.07, 6.45) is -0.0861. The molecule has 0 fully saturated rings. The molecule has 0 aromatic heterocycles. The minimum Gasteiger partial charge on any atom is -0.494 e. The van der Waals surface area contributed by atoms with E-state index in [-0.39, 0.29) is 36.2 Å². The molecule has 0 unspecified atom stereocenters. The number of carbonyl (C=O) groups excluding carboxylic acids is 2. The van der Waals surface area contributed by atoms with Crippen molar-refractivity contribution in [2.24, 2.45) is 0 Å². The predicted molar refractivity (Wildman–Crippen MR) is 115 cm³/mol. The van der Waals surface area contributed by atoms with Crippen LogP contribution in [0.25, 0.3) is 0 Å². The van der Waals surface area contributed by atoms with Crippen molar-refractivity contribution < 1.29 is 22.7 Å². The zero-order chi connectivity index (χ0) is 22.1. The lowest BCUT2D eigenvalue weighted by Gasteiger charge is -2.17. The van der Waals surface area contributed by atoms with Crippen LogP contribution < -0.4 is 14.8 Å².